The number of carboxylic acids is 1. The molecule has 82 valence electrons. The number of carbonyl (C=O) groups is 1. The number of carboxylic acid groups (broad SMARTS) is 1. The minimum Gasteiger partial charge on any atom is -0.480 e. The van der Waals surface area contributed by atoms with E-state index in [0.29, 0.717) is 0 Å². The molecule has 7 heteroatoms. The molecule has 7 nitrogen and oxygen atoms in total. The number of oxime groups is 1. The number of rotatable bonds is 5. The summed E-state index contributed by atoms with van der Waals surface area (Å²) in [6.45, 7) is 0.127. The van der Waals surface area contributed by atoms with Gasteiger partial charge in [0.2, 0.25) is 5.96 Å². The molecule has 0 aliphatic rings. The van der Waals surface area contributed by atoms with Crippen molar-refractivity contribution >= 4 is 11.9 Å². The maximum atomic E-state index is 10.3. The van der Waals surface area contributed by atoms with Crippen LogP contribution in [0.25, 0.3) is 0 Å². The van der Waals surface area contributed by atoms with E-state index in [2.05, 4.69) is 5.16 Å². The Morgan fingerprint density at radius 3 is 2.64 bits per heavy atom. The Kier molecular flexibility index (Phi) is 5.38. The molecule has 0 heterocycles. The maximum absolute atomic E-state index is 10.3. The molecule has 0 fully saturated rings. The third-order valence-corrected chi connectivity index (χ3v) is 1.45. The summed E-state index contributed by atoms with van der Waals surface area (Å²) < 4.78 is 0. The lowest BCUT2D eigenvalue weighted by atomic mass is 10.2. The molecule has 0 saturated heterocycles. The number of nitrogens with two attached hydrogens (primary N) is 2. The summed E-state index contributed by atoms with van der Waals surface area (Å²) >= 11 is 0. The molecule has 0 spiro atoms. The van der Waals surface area contributed by atoms with Crippen molar-refractivity contribution in [2.45, 2.75) is 12.5 Å². The van der Waals surface area contributed by atoms with E-state index >= 15 is 0 Å². The van der Waals surface area contributed by atoms with E-state index in [1.807, 2.05) is 0 Å². The Hall–Kier alpha value is -1.50. The number of nitrogens with zero attached hydrogens (tertiary/aromatic N) is 2. The molecule has 0 saturated carbocycles. The van der Waals surface area contributed by atoms with Crippen molar-refractivity contribution in [3.05, 3.63) is 0 Å². The highest BCUT2D eigenvalue weighted by Gasteiger charge is 2.10. The lowest BCUT2D eigenvalue weighted by Gasteiger charge is -2.10. The Morgan fingerprint density at radius 2 is 2.21 bits per heavy atom. The Labute approximate surface area is 82.3 Å². The first kappa shape index (κ1) is 12.5. The van der Waals surface area contributed by atoms with Gasteiger partial charge in [0.05, 0.1) is 0 Å². The summed E-state index contributed by atoms with van der Waals surface area (Å²) in [5.41, 5.74) is 10.6. The van der Waals surface area contributed by atoms with Gasteiger partial charge in [0.1, 0.15) is 12.6 Å². The van der Waals surface area contributed by atoms with E-state index in [1.165, 1.54) is 0 Å². The first-order valence-electron chi connectivity index (χ1n) is 4.06. The highest BCUT2D eigenvalue weighted by atomic mass is 16.6. The second kappa shape index (κ2) is 6.03. The third kappa shape index (κ3) is 5.20. The number of hydrogen-bond donors (Lipinski definition) is 3. The Bertz CT molecular complexity index is 217. The second-order valence-corrected chi connectivity index (χ2v) is 2.91. The van der Waals surface area contributed by atoms with E-state index < -0.39 is 12.0 Å². The molecular formula is C7H16N4O3. The molecule has 5 N–H and O–H groups in total. The van der Waals surface area contributed by atoms with Crippen LogP contribution in [0.2, 0.25) is 0 Å². The lowest BCUT2D eigenvalue weighted by Crippen LogP contribution is -2.32. The molecule has 0 aromatic rings. The Morgan fingerprint density at radius 1 is 1.64 bits per heavy atom. The summed E-state index contributed by atoms with van der Waals surface area (Å²) in [5.74, 6) is -0.841. The number of aliphatic carboxylic acids is 1. The van der Waals surface area contributed by atoms with E-state index in [4.69, 9.17) is 21.4 Å². The van der Waals surface area contributed by atoms with Gasteiger partial charge >= 0.3 is 5.97 Å². The van der Waals surface area contributed by atoms with Crippen molar-refractivity contribution in [3.63, 3.8) is 0 Å². The SMILES string of the molecule is CN(C)/C(N)=N\OCC[C@H](N)C(=O)O. The zero-order valence-electron chi connectivity index (χ0n) is 8.30. The second-order valence-electron chi connectivity index (χ2n) is 2.91. The van der Waals surface area contributed by atoms with Crippen LogP contribution in [0.5, 0.6) is 0 Å². The highest BCUT2D eigenvalue weighted by molar-refractivity contribution is 5.76. The first-order chi connectivity index (χ1) is 6.45. The fourth-order valence-corrected chi connectivity index (χ4v) is 0.497. The van der Waals surface area contributed by atoms with Crippen LogP contribution < -0.4 is 11.5 Å². The van der Waals surface area contributed by atoms with Crippen LogP contribution in [0.4, 0.5) is 0 Å². The molecule has 0 unspecified atom stereocenters. The molecular weight excluding hydrogens is 188 g/mol. The number of guanidine groups is 1. The third-order valence-electron chi connectivity index (χ3n) is 1.45. The van der Waals surface area contributed by atoms with Crippen LogP contribution in [0.1, 0.15) is 6.42 Å². The standard InChI is InChI=1S/C7H16N4O3/c1-11(2)7(9)10-14-4-3-5(8)6(12)13/h5H,3-4,8H2,1-2H3,(H2,9,10)(H,12,13)/t5-/m0/s1. The van der Waals surface area contributed by atoms with Gasteiger partial charge in [0.15, 0.2) is 0 Å². The van der Waals surface area contributed by atoms with Crippen LogP contribution in [0.15, 0.2) is 5.16 Å². The van der Waals surface area contributed by atoms with Crippen LogP contribution in [-0.2, 0) is 9.63 Å². The fraction of sp³-hybridized carbons (Fsp3) is 0.714. The normalized spacial score (nSPS) is 13.5. The summed E-state index contributed by atoms with van der Waals surface area (Å²) in [6, 6.07) is -0.925. The molecule has 0 bridgehead atoms. The van der Waals surface area contributed by atoms with Crippen molar-refractivity contribution in [2.24, 2.45) is 16.6 Å². The van der Waals surface area contributed by atoms with Gasteiger partial charge in [-0.3, -0.25) is 4.79 Å². The minimum atomic E-state index is -1.06. The molecule has 14 heavy (non-hydrogen) atoms. The topological polar surface area (TPSA) is 114 Å². The quantitative estimate of drug-likeness (QED) is 0.219. The summed E-state index contributed by atoms with van der Waals surface area (Å²) in [7, 11) is 3.43. The fourth-order valence-electron chi connectivity index (χ4n) is 0.497. The van der Waals surface area contributed by atoms with Crippen molar-refractivity contribution in [2.75, 3.05) is 20.7 Å². The van der Waals surface area contributed by atoms with E-state index in [9.17, 15) is 4.79 Å². The molecule has 0 amide bonds. The predicted octanol–water partition coefficient (Wildman–Crippen LogP) is -1.40. The molecule has 1 atom stereocenters. The number of hydrogen-bond acceptors (Lipinski definition) is 4. The van der Waals surface area contributed by atoms with Crippen LogP contribution in [0, 0.1) is 0 Å². The zero-order chi connectivity index (χ0) is 11.1. The van der Waals surface area contributed by atoms with Crippen molar-refractivity contribution in [3.8, 4) is 0 Å². The van der Waals surface area contributed by atoms with Crippen molar-refractivity contribution in [1.82, 2.24) is 4.90 Å². The molecule has 0 rings (SSSR count). The van der Waals surface area contributed by atoms with Gasteiger partial charge in [-0.25, -0.2) is 0 Å². The highest BCUT2D eigenvalue weighted by Crippen LogP contribution is 1.90. The predicted molar refractivity (Wildman–Crippen MR) is 51.5 cm³/mol. The maximum Gasteiger partial charge on any atom is 0.320 e. The van der Waals surface area contributed by atoms with Gasteiger partial charge in [0.25, 0.3) is 0 Å². The minimum absolute atomic E-state index is 0.127. The van der Waals surface area contributed by atoms with Gasteiger partial charge in [-0.1, -0.05) is 0 Å². The van der Waals surface area contributed by atoms with Gasteiger partial charge in [-0.15, -0.1) is 0 Å². The Balaban J connectivity index is 3.66. The average Bonchev–Trinajstić information content (AvgIpc) is 2.11. The van der Waals surface area contributed by atoms with Crippen LogP contribution in [-0.4, -0.2) is 48.7 Å². The van der Waals surface area contributed by atoms with E-state index in [-0.39, 0.29) is 19.0 Å². The zero-order valence-corrected chi connectivity index (χ0v) is 8.30. The van der Waals surface area contributed by atoms with E-state index in [0.717, 1.165) is 0 Å². The van der Waals surface area contributed by atoms with Gasteiger partial charge in [-0.05, 0) is 5.16 Å². The smallest absolute Gasteiger partial charge is 0.320 e. The summed E-state index contributed by atoms with van der Waals surface area (Å²) in [6.07, 6.45) is 0.194. The average molecular weight is 204 g/mol. The molecule has 0 aromatic heterocycles. The molecule has 0 aliphatic heterocycles. The van der Waals surface area contributed by atoms with E-state index in [1.54, 1.807) is 19.0 Å². The summed E-state index contributed by atoms with van der Waals surface area (Å²) in [4.78, 5) is 16.6. The van der Waals surface area contributed by atoms with Crippen LogP contribution >= 0.6 is 0 Å². The summed E-state index contributed by atoms with van der Waals surface area (Å²) in [5, 5.41) is 12.0. The van der Waals surface area contributed by atoms with Crippen molar-refractivity contribution in [1.29, 1.82) is 0 Å². The molecule has 0 aromatic carbocycles. The van der Waals surface area contributed by atoms with Gasteiger partial charge in [-0.2, -0.15) is 0 Å². The van der Waals surface area contributed by atoms with Crippen LogP contribution in [0.3, 0.4) is 0 Å². The van der Waals surface area contributed by atoms with Gasteiger partial charge < -0.3 is 26.3 Å². The largest absolute Gasteiger partial charge is 0.480 e. The first-order valence-corrected chi connectivity index (χ1v) is 4.06. The monoisotopic (exact) mass is 204 g/mol. The van der Waals surface area contributed by atoms with Gasteiger partial charge in [0, 0.05) is 20.5 Å². The lowest BCUT2D eigenvalue weighted by molar-refractivity contribution is -0.139. The molecule has 0 aliphatic carbocycles. The molecule has 0 radical (unpaired) electrons. The van der Waals surface area contributed by atoms with Crippen molar-refractivity contribution < 1.29 is 14.7 Å².